The number of amides is 2. The first-order chi connectivity index (χ1) is 21.9. The molecule has 2 saturated heterocycles. The highest BCUT2D eigenvalue weighted by atomic mass is 32.2. The van der Waals surface area contributed by atoms with Crippen LogP contribution in [0.3, 0.4) is 0 Å². The normalized spacial score (nSPS) is 21.9. The molecular weight excluding hydrogens is 618 g/mol. The van der Waals surface area contributed by atoms with Crippen LogP contribution in [0.25, 0.3) is 0 Å². The number of benzene rings is 2. The third-order valence-corrected chi connectivity index (χ3v) is 10.3. The monoisotopic (exact) mass is 661 g/mol. The number of alkyl carbamates (subject to hydrolysis) is 1. The molecule has 46 heavy (non-hydrogen) atoms. The summed E-state index contributed by atoms with van der Waals surface area (Å²) in [7, 11) is -4.18. The maximum Gasteiger partial charge on any atom is 0.407 e. The maximum atomic E-state index is 14.2. The summed E-state index contributed by atoms with van der Waals surface area (Å²) in [5, 5.41) is 17.2. The van der Waals surface area contributed by atoms with Gasteiger partial charge in [-0.3, -0.25) is 4.79 Å². The van der Waals surface area contributed by atoms with E-state index in [-0.39, 0.29) is 49.6 Å². The minimum Gasteiger partial charge on any atom is -0.454 e. The van der Waals surface area contributed by atoms with Crippen molar-refractivity contribution < 1.29 is 46.8 Å². The summed E-state index contributed by atoms with van der Waals surface area (Å²) in [4.78, 5) is 24.6. The van der Waals surface area contributed by atoms with Gasteiger partial charge in [-0.05, 0) is 42.4 Å². The van der Waals surface area contributed by atoms with Crippen LogP contribution in [0, 0.1) is 11.3 Å². The number of hydrogen-bond acceptors (Lipinski definition) is 10. The number of rotatable bonds is 14. The smallest absolute Gasteiger partial charge is 0.407 e. The molecule has 2 fully saturated rings. The van der Waals surface area contributed by atoms with Crippen molar-refractivity contribution in [2.75, 3.05) is 39.6 Å². The largest absolute Gasteiger partial charge is 0.454 e. The lowest BCUT2D eigenvalue weighted by Gasteiger charge is -2.35. The second-order valence-electron chi connectivity index (χ2n) is 12.7. The average molecular weight is 662 g/mol. The van der Waals surface area contributed by atoms with Gasteiger partial charge in [0.2, 0.25) is 22.7 Å². The SMILES string of the molecule is CC(=O)NCCC(C)(C)CN(CC(O)C(Cc1ccccc1)NC(=O)OC1COC2OCCC12)S(=O)(=O)c1ccc2c(c1)OCO2. The molecule has 2 aromatic carbocycles. The molecule has 2 amide bonds. The van der Waals surface area contributed by atoms with Crippen LogP contribution >= 0.6 is 0 Å². The fourth-order valence-electron chi connectivity index (χ4n) is 5.92. The molecule has 3 heterocycles. The molecule has 3 N–H and O–H groups in total. The lowest BCUT2D eigenvalue weighted by atomic mass is 9.89. The molecule has 0 spiro atoms. The Balaban J connectivity index is 1.37. The van der Waals surface area contributed by atoms with Crippen molar-refractivity contribution in [3.05, 3.63) is 54.1 Å². The molecule has 5 atom stereocenters. The first-order valence-corrected chi connectivity index (χ1v) is 16.9. The summed E-state index contributed by atoms with van der Waals surface area (Å²) in [5.74, 6) is 0.502. The Morgan fingerprint density at radius 1 is 1.11 bits per heavy atom. The summed E-state index contributed by atoms with van der Waals surface area (Å²) >= 11 is 0. The van der Waals surface area contributed by atoms with Gasteiger partial charge in [0, 0.05) is 32.6 Å². The molecule has 5 unspecified atom stereocenters. The van der Waals surface area contributed by atoms with E-state index in [1.807, 2.05) is 44.2 Å². The van der Waals surface area contributed by atoms with E-state index < -0.39 is 46.1 Å². The number of fused-ring (bicyclic) bond motifs is 2. The van der Waals surface area contributed by atoms with Crippen molar-refractivity contribution in [2.45, 2.75) is 69.5 Å². The number of carbonyl (C=O) groups is 2. The van der Waals surface area contributed by atoms with E-state index in [2.05, 4.69) is 10.6 Å². The van der Waals surface area contributed by atoms with Crippen LogP contribution < -0.4 is 20.1 Å². The fourth-order valence-corrected chi connectivity index (χ4v) is 7.59. The molecule has 0 aliphatic carbocycles. The number of aliphatic hydroxyl groups is 1. The van der Waals surface area contributed by atoms with Crippen molar-refractivity contribution >= 4 is 22.0 Å². The fraction of sp³-hybridized carbons (Fsp3) is 0.562. The second kappa shape index (κ2) is 14.6. The number of nitrogens with zero attached hydrogens (tertiary/aromatic N) is 1. The molecule has 2 aromatic rings. The van der Waals surface area contributed by atoms with E-state index in [1.165, 1.54) is 29.4 Å². The van der Waals surface area contributed by atoms with Crippen LogP contribution in [0.1, 0.15) is 39.2 Å². The van der Waals surface area contributed by atoms with Gasteiger partial charge in [-0.1, -0.05) is 44.2 Å². The molecule has 3 aliphatic heterocycles. The summed E-state index contributed by atoms with van der Waals surface area (Å²) in [6, 6.07) is 12.8. The predicted octanol–water partition coefficient (Wildman–Crippen LogP) is 2.42. The van der Waals surface area contributed by atoms with Gasteiger partial charge in [0.05, 0.1) is 36.2 Å². The van der Waals surface area contributed by atoms with E-state index in [9.17, 15) is 23.1 Å². The zero-order valence-electron chi connectivity index (χ0n) is 26.3. The van der Waals surface area contributed by atoms with E-state index in [1.54, 1.807) is 0 Å². The second-order valence-corrected chi connectivity index (χ2v) is 14.6. The number of carbonyl (C=O) groups excluding carboxylic acids is 2. The van der Waals surface area contributed by atoms with Crippen LogP contribution in [0.2, 0.25) is 0 Å². The van der Waals surface area contributed by atoms with Crippen molar-refractivity contribution in [2.24, 2.45) is 11.3 Å². The zero-order chi connectivity index (χ0) is 32.9. The Morgan fingerprint density at radius 2 is 1.87 bits per heavy atom. The predicted molar refractivity (Wildman–Crippen MR) is 166 cm³/mol. The molecular formula is C32H43N3O10S. The summed E-state index contributed by atoms with van der Waals surface area (Å²) in [6.45, 7) is 5.98. The van der Waals surface area contributed by atoms with Crippen molar-refractivity contribution in [1.29, 1.82) is 0 Å². The number of hydrogen-bond donors (Lipinski definition) is 3. The van der Waals surface area contributed by atoms with Gasteiger partial charge >= 0.3 is 6.09 Å². The van der Waals surface area contributed by atoms with Crippen molar-refractivity contribution in [1.82, 2.24) is 14.9 Å². The summed E-state index contributed by atoms with van der Waals surface area (Å²) < 4.78 is 57.2. The summed E-state index contributed by atoms with van der Waals surface area (Å²) in [5.41, 5.74) is 0.232. The van der Waals surface area contributed by atoms with Gasteiger partial charge in [-0.25, -0.2) is 13.2 Å². The average Bonchev–Trinajstić information content (AvgIpc) is 3.75. The molecule has 0 aromatic heterocycles. The highest BCUT2D eigenvalue weighted by Gasteiger charge is 2.44. The van der Waals surface area contributed by atoms with Crippen LogP contribution in [-0.2, 0) is 35.4 Å². The first kappa shape index (κ1) is 33.9. The first-order valence-electron chi connectivity index (χ1n) is 15.5. The van der Waals surface area contributed by atoms with E-state index in [4.69, 9.17) is 23.7 Å². The highest BCUT2D eigenvalue weighted by Crippen LogP contribution is 2.36. The van der Waals surface area contributed by atoms with Gasteiger partial charge in [0.25, 0.3) is 0 Å². The Kier molecular flexibility index (Phi) is 10.7. The topological polar surface area (TPSA) is 162 Å². The Labute approximate surface area is 269 Å². The van der Waals surface area contributed by atoms with Crippen LogP contribution in [0.5, 0.6) is 11.5 Å². The van der Waals surface area contributed by atoms with Crippen molar-refractivity contribution in [3.8, 4) is 11.5 Å². The van der Waals surface area contributed by atoms with Crippen LogP contribution in [0.4, 0.5) is 4.79 Å². The number of nitrogens with one attached hydrogen (secondary N) is 2. The summed E-state index contributed by atoms with van der Waals surface area (Å²) in [6.07, 6.45) is -1.54. The van der Waals surface area contributed by atoms with Gasteiger partial charge in [-0.15, -0.1) is 0 Å². The molecule has 5 rings (SSSR count). The lowest BCUT2D eigenvalue weighted by molar-refractivity contribution is -0.119. The molecule has 0 saturated carbocycles. The van der Waals surface area contributed by atoms with Gasteiger partial charge in [-0.2, -0.15) is 4.31 Å². The van der Waals surface area contributed by atoms with E-state index >= 15 is 0 Å². The van der Waals surface area contributed by atoms with E-state index in [0.29, 0.717) is 37.5 Å². The van der Waals surface area contributed by atoms with Crippen LogP contribution in [-0.4, -0.2) is 94.0 Å². The van der Waals surface area contributed by atoms with E-state index in [0.717, 1.165) is 5.56 Å². The maximum absolute atomic E-state index is 14.2. The Morgan fingerprint density at radius 3 is 2.63 bits per heavy atom. The standard InChI is InChI=1S/C32H43N3O10S/c1-21(36)33-13-12-32(2,3)19-35(46(39,40)23-9-10-27-28(16-23)44-20-43-27)17-26(37)25(15-22-7-5-4-6-8-22)34-31(38)45-29-18-42-30-24(29)11-14-41-30/h4-10,16,24-26,29-30,37H,11-15,17-20H2,1-3H3,(H,33,36)(H,34,38). The number of ether oxygens (including phenoxy) is 5. The van der Waals surface area contributed by atoms with Crippen molar-refractivity contribution in [3.63, 3.8) is 0 Å². The highest BCUT2D eigenvalue weighted by molar-refractivity contribution is 7.89. The van der Waals surface area contributed by atoms with Gasteiger partial charge in [0.15, 0.2) is 17.8 Å². The van der Waals surface area contributed by atoms with Gasteiger partial charge < -0.3 is 39.4 Å². The third-order valence-electron chi connectivity index (χ3n) is 8.46. The molecule has 252 valence electrons. The molecule has 0 bridgehead atoms. The molecule has 3 aliphatic rings. The Hall–Kier alpha value is -3.43. The molecule has 0 radical (unpaired) electrons. The number of aliphatic hydroxyl groups excluding tert-OH is 1. The van der Waals surface area contributed by atoms with Gasteiger partial charge in [0.1, 0.15) is 6.10 Å². The minimum absolute atomic E-state index is 0.0121. The lowest BCUT2D eigenvalue weighted by Crippen LogP contribution is -2.52. The molecule has 14 heteroatoms. The Bertz CT molecular complexity index is 1470. The quantitative estimate of drug-likeness (QED) is 0.274. The zero-order valence-corrected chi connectivity index (χ0v) is 27.2. The van der Waals surface area contributed by atoms with Crippen LogP contribution in [0.15, 0.2) is 53.4 Å². The third kappa shape index (κ3) is 8.48. The number of sulfonamides is 1. The minimum atomic E-state index is -4.18. The molecule has 13 nitrogen and oxygen atoms in total.